The molecule has 0 bridgehead atoms. The van der Waals surface area contributed by atoms with Gasteiger partial charge in [-0.2, -0.15) is 0 Å². The third-order valence-electron chi connectivity index (χ3n) is 3.98. The Bertz CT molecular complexity index is 450. The van der Waals surface area contributed by atoms with Crippen molar-refractivity contribution < 1.29 is 9.53 Å². The number of hydrogen-bond donors (Lipinski definition) is 0. The van der Waals surface area contributed by atoms with Crippen molar-refractivity contribution in [3.05, 3.63) is 48.0 Å². The van der Waals surface area contributed by atoms with Crippen LogP contribution in [0.1, 0.15) is 32.3 Å². The molecule has 0 heterocycles. The number of esters is 1. The van der Waals surface area contributed by atoms with Gasteiger partial charge in [-0.25, -0.2) is 0 Å². The van der Waals surface area contributed by atoms with E-state index in [2.05, 4.69) is 38.1 Å². The fourth-order valence-corrected chi connectivity index (χ4v) is 3.03. The van der Waals surface area contributed by atoms with Crippen LogP contribution in [-0.2, 0) is 9.53 Å². The maximum Gasteiger partial charge on any atom is 0.310 e. The highest BCUT2D eigenvalue weighted by molar-refractivity contribution is 5.75. The van der Waals surface area contributed by atoms with E-state index < -0.39 is 0 Å². The van der Waals surface area contributed by atoms with Crippen LogP contribution < -0.4 is 0 Å². The van der Waals surface area contributed by atoms with Gasteiger partial charge in [-0.15, -0.1) is 0 Å². The zero-order valence-electron chi connectivity index (χ0n) is 11.9. The lowest BCUT2D eigenvalue weighted by Crippen LogP contribution is -2.34. The molecule has 0 aliphatic heterocycles. The number of benzene rings is 1. The van der Waals surface area contributed by atoms with E-state index in [4.69, 9.17) is 4.74 Å². The summed E-state index contributed by atoms with van der Waals surface area (Å²) in [6, 6.07) is 10.3. The summed E-state index contributed by atoms with van der Waals surface area (Å²) in [5.74, 6) is 0.635. The molecule has 4 atom stereocenters. The summed E-state index contributed by atoms with van der Waals surface area (Å²) in [6.07, 6.45) is 4.36. The minimum Gasteiger partial charge on any atom is -0.466 e. The average molecular weight is 258 g/mol. The molecule has 0 aromatic heterocycles. The van der Waals surface area contributed by atoms with Gasteiger partial charge in [0.2, 0.25) is 0 Å². The molecule has 1 aliphatic carbocycles. The van der Waals surface area contributed by atoms with Gasteiger partial charge in [0, 0.05) is 5.92 Å². The minimum absolute atomic E-state index is 0.0694. The van der Waals surface area contributed by atoms with Gasteiger partial charge in [0.05, 0.1) is 12.5 Å². The third-order valence-corrected chi connectivity index (χ3v) is 3.98. The van der Waals surface area contributed by atoms with Gasteiger partial charge < -0.3 is 4.74 Å². The van der Waals surface area contributed by atoms with E-state index in [1.54, 1.807) is 0 Å². The molecule has 1 aromatic carbocycles. The van der Waals surface area contributed by atoms with E-state index in [-0.39, 0.29) is 23.7 Å². The van der Waals surface area contributed by atoms with E-state index in [9.17, 15) is 4.79 Å². The maximum atomic E-state index is 12.3. The Hall–Kier alpha value is -1.57. The van der Waals surface area contributed by atoms with E-state index in [0.29, 0.717) is 12.5 Å². The molecule has 102 valence electrons. The monoisotopic (exact) mass is 258 g/mol. The van der Waals surface area contributed by atoms with Crippen molar-refractivity contribution in [1.29, 1.82) is 0 Å². The van der Waals surface area contributed by atoms with Gasteiger partial charge in [-0.3, -0.25) is 4.79 Å². The summed E-state index contributed by atoms with van der Waals surface area (Å²) in [7, 11) is 0. The quantitative estimate of drug-likeness (QED) is 0.609. The lowest BCUT2D eigenvalue weighted by atomic mass is 9.68. The lowest BCUT2D eigenvalue weighted by Gasteiger charge is -2.35. The molecule has 0 saturated heterocycles. The predicted molar refractivity (Wildman–Crippen MR) is 76.8 cm³/mol. The molecule has 0 radical (unpaired) electrons. The molecule has 2 rings (SSSR count). The van der Waals surface area contributed by atoms with Crippen LogP contribution in [0.4, 0.5) is 0 Å². The third kappa shape index (κ3) is 2.89. The largest absolute Gasteiger partial charge is 0.466 e. The molecule has 2 nitrogen and oxygen atoms in total. The number of rotatable bonds is 3. The first kappa shape index (κ1) is 13.9. The van der Waals surface area contributed by atoms with Gasteiger partial charge in [-0.1, -0.05) is 56.3 Å². The highest BCUT2D eigenvalue weighted by atomic mass is 16.5. The van der Waals surface area contributed by atoms with Gasteiger partial charge >= 0.3 is 5.97 Å². The number of carbonyl (C=O) groups excluding carboxylic acids is 1. The Morgan fingerprint density at radius 2 is 1.74 bits per heavy atom. The molecule has 1 aromatic rings. The van der Waals surface area contributed by atoms with E-state index in [1.807, 2.05) is 25.1 Å². The average Bonchev–Trinajstić information content (AvgIpc) is 2.42. The van der Waals surface area contributed by atoms with Crippen LogP contribution in [0.2, 0.25) is 0 Å². The fraction of sp³-hybridized carbons (Fsp3) is 0.471. The van der Waals surface area contributed by atoms with Gasteiger partial charge in [0.25, 0.3) is 0 Å². The summed E-state index contributed by atoms with van der Waals surface area (Å²) < 4.78 is 5.28. The molecular weight excluding hydrogens is 236 g/mol. The molecule has 0 amide bonds. The second-order valence-corrected chi connectivity index (χ2v) is 5.32. The van der Waals surface area contributed by atoms with Crippen LogP contribution in [0.25, 0.3) is 0 Å². The van der Waals surface area contributed by atoms with Crippen molar-refractivity contribution in [2.75, 3.05) is 6.61 Å². The normalized spacial score (nSPS) is 30.1. The zero-order valence-corrected chi connectivity index (χ0v) is 11.9. The summed E-state index contributed by atoms with van der Waals surface area (Å²) in [5.41, 5.74) is 1.23. The maximum absolute atomic E-state index is 12.3. The Morgan fingerprint density at radius 3 is 2.37 bits per heavy atom. The fourth-order valence-electron chi connectivity index (χ4n) is 3.03. The Kier molecular flexibility index (Phi) is 4.41. The van der Waals surface area contributed by atoms with Crippen molar-refractivity contribution in [2.24, 2.45) is 17.8 Å². The predicted octanol–water partition coefficient (Wildman–Crippen LogP) is 3.79. The minimum atomic E-state index is -0.0812. The molecule has 2 heteroatoms. The Balaban J connectivity index is 2.35. The molecular formula is C17H22O2. The van der Waals surface area contributed by atoms with Crippen LogP contribution in [0.5, 0.6) is 0 Å². The Morgan fingerprint density at radius 1 is 1.11 bits per heavy atom. The van der Waals surface area contributed by atoms with Gasteiger partial charge in [0.15, 0.2) is 0 Å². The highest BCUT2D eigenvalue weighted by Gasteiger charge is 2.39. The van der Waals surface area contributed by atoms with Crippen molar-refractivity contribution >= 4 is 5.97 Å². The summed E-state index contributed by atoms with van der Waals surface area (Å²) in [6.45, 7) is 6.58. The molecule has 0 spiro atoms. The van der Waals surface area contributed by atoms with E-state index in [0.717, 1.165) is 0 Å². The Labute approximate surface area is 115 Å². The standard InChI is InChI=1S/C17H22O2/c1-4-19-17(18)16-13(3)11-10-12(2)15(16)14-8-6-5-7-9-14/h5-13,15-16H,4H2,1-3H3/t12-,13+,15+,16+/m1/s1. The molecule has 1 aliphatic rings. The first-order chi connectivity index (χ1) is 9.15. The molecule has 0 unspecified atom stereocenters. The summed E-state index contributed by atoms with van der Waals surface area (Å²) in [5, 5.41) is 0. The number of carbonyl (C=O) groups is 1. The topological polar surface area (TPSA) is 26.3 Å². The second kappa shape index (κ2) is 6.05. The smallest absolute Gasteiger partial charge is 0.310 e. The van der Waals surface area contributed by atoms with E-state index >= 15 is 0 Å². The summed E-state index contributed by atoms with van der Waals surface area (Å²) in [4.78, 5) is 12.3. The molecule has 0 N–H and O–H groups in total. The molecule has 0 saturated carbocycles. The summed E-state index contributed by atoms with van der Waals surface area (Å²) >= 11 is 0. The van der Waals surface area contributed by atoms with Crippen molar-refractivity contribution in [1.82, 2.24) is 0 Å². The number of ether oxygens (including phenoxy) is 1. The second-order valence-electron chi connectivity index (χ2n) is 5.32. The van der Waals surface area contributed by atoms with Gasteiger partial charge in [0.1, 0.15) is 0 Å². The highest BCUT2D eigenvalue weighted by Crippen LogP contribution is 2.41. The SMILES string of the molecule is CCOC(=O)[C@@H]1[C@H](c2ccccc2)[C@H](C)C=C[C@@H]1C. The van der Waals surface area contributed by atoms with Crippen LogP contribution in [0, 0.1) is 17.8 Å². The first-order valence-corrected chi connectivity index (χ1v) is 7.05. The molecule has 19 heavy (non-hydrogen) atoms. The molecule has 0 fully saturated rings. The first-order valence-electron chi connectivity index (χ1n) is 7.05. The van der Waals surface area contributed by atoms with Crippen molar-refractivity contribution in [3.8, 4) is 0 Å². The van der Waals surface area contributed by atoms with Crippen LogP contribution >= 0.6 is 0 Å². The van der Waals surface area contributed by atoms with Crippen molar-refractivity contribution in [3.63, 3.8) is 0 Å². The van der Waals surface area contributed by atoms with Crippen LogP contribution in [0.3, 0.4) is 0 Å². The van der Waals surface area contributed by atoms with Crippen molar-refractivity contribution in [2.45, 2.75) is 26.7 Å². The zero-order chi connectivity index (χ0) is 13.8. The van der Waals surface area contributed by atoms with Gasteiger partial charge in [-0.05, 0) is 24.3 Å². The lowest BCUT2D eigenvalue weighted by molar-refractivity contribution is -0.150. The van der Waals surface area contributed by atoms with E-state index in [1.165, 1.54) is 5.56 Å². The van der Waals surface area contributed by atoms with Crippen LogP contribution in [-0.4, -0.2) is 12.6 Å². The number of hydrogen-bond acceptors (Lipinski definition) is 2. The number of allylic oxidation sites excluding steroid dienone is 2. The van der Waals surface area contributed by atoms with Crippen LogP contribution in [0.15, 0.2) is 42.5 Å².